The van der Waals surface area contributed by atoms with Crippen LogP contribution >= 0.6 is 0 Å². The van der Waals surface area contributed by atoms with Gasteiger partial charge >= 0.3 is 0 Å². The third-order valence-corrected chi connectivity index (χ3v) is 5.09. The summed E-state index contributed by atoms with van der Waals surface area (Å²) in [4.78, 5) is 14.9. The molecular formula is C20H21N3O2. The lowest BCUT2D eigenvalue weighted by atomic mass is 10.0. The SMILES string of the molecule is Cn1cc(C#N)cc1C(=O)N1C[C@@H](c2ccccc2)O[C@@H](C2CC2)C1. The van der Waals surface area contributed by atoms with E-state index in [2.05, 4.69) is 18.2 Å². The Hall–Kier alpha value is -2.58. The Morgan fingerprint density at radius 1 is 1.24 bits per heavy atom. The van der Waals surface area contributed by atoms with E-state index in [4.69, 9.17) is 10.00 Å². The molecule has 5 heteroatoms. The van der Waals surface area contributed by atoms with Crippen molar-refractivity contribution in [2.24, 2.45) is 13.0 Å². The molecule has 1 aliphatic carbocycles. The number of hydrogen-bond donors (Lipinski definition) is 0. The van der Waals surface area contributed by atoms with Gasteiger partial charge in [0.05, 0.1) is 18.2 Å². The second-order valence-corrected chi connectivity index (χ2v) is 6.96. The number of hydrogen-bond acceptors (Lipinski definition) is 3. The molecule has 25 heavy (non-hydrogen) atoms. The quantitative estimate of drug-likeness (QED) is 0.866. The van der Waals surface area contributed by atoms with Gasteiger partial charge in [0.25, 0.3) is 5.91 Å². The average Bonchev–Trinajstić information content (AvgIpc) is 3.44. The maximum atomic E-state index is 13.1. The van der Waals surface area contributed by atoms with Gasteiger partial charge in [-0.25, -0.2) is 0 Å². The second-order valence-electron chi connectivity index (χ2n) is 6.96. The lowest BCUT2D eigenvalue weighted by Crippen LogP contribution is -2.48. The first kappa shape index (κ1) is 15.9. The highest BCUT2D eigenvalue weighted by atomic mass is 16.5. The van der Waals surface area contributed by atoms with E-state index in [1.165, 1.54) is 12.8 Å². The van der Waals surface area contributed by atoms with E-state index in [0.29, 0.717) is 30.3 Å². The number of nitriles is 1. The van der Waals surface area contributed by atoms with Crippen molar-refractivity contribution < 1.29 is 9.53 Å². The highest BCUT2D eigenvalue weighted by Crippen LogP contribution is 2.39. The maximum Gasteiger partial charge on any atom is 0.270 e. The molecule has 2 atom stereocenters. The average molecular weight is 335 g/mol. The summed E-state index contributed by atoms with van der Waals surface area (Å²) in [5.74, 6) is 0.531. The first-order valence-electron chi connectivity index (χ1n) is 8.72. The maximum absolute atomic E-state index is 13.1. The zero-order valence-electron chi connectivity index (χ0n) is 14.3. The number of carbonyl (C=O) groups excluding carboxylic acids is 1. The molecule has 1 aromatic carbocycles. The number of rotatable bonds is 3. The Labute approximate surface area is 147 Å². The molecule has 0 radical (unpaired) electrons. The van der Waals surface area contributed by atoms with Crippen LogP contribution in [0.25, 0.3) is 0 Å². The summed E-state index contributed by atoms with van der Waals surface area (Å²) in [5.41, 5.74) is 2.17. The minimum Gasteiger partial charge on any atom is -0.366 e. The lowest BCUT2D eigenvalue weighted by Gasteiger charge is -2.38. The van der Waals surface area contributed by atoms with E-state index < -0.39 is 0 Å². The van der Waals surface area contributed by atoms with E-state index in [9.17, 15) is 4.79 Å². The molecular weight excluding hydrogens is 314 g/mol. The highest BCUT2D eigenvalue weighted by molar-refractivity contribution is 5.93. The molecule has 5 nitrogen and oxygen atoms in total. The normalized spacial score (nSPS) is 23.3. The fourth-order valence-corrected chi connectivity index (χ4v) is 3.53. The third kappa shape index (κ3) is 3.18. The number of aryl methyl sites for hydroxylation is 1. The molecule has 2 aromatic rings. The first-order chi connectivity index (χ1) is 12.2. The van der Waals surface area contributed by atoms with E-state index >= 15 is 0 Å². The molecule has 2 fully saturated rings. The van der Waals surface area contributed by atoms with Crippen LogP contribution in [0.15, 0.2) is 42.6 Å². The zero-order chi connectivity index (χ0) is 17.4. The molecule has 0 bridgehead atoms. The van der Waals surface area contributed by atoms with Crippen molar-refractivity contribution in [3.63, 3.8) is 0 Å². The third-order valence-electron chi connectivity index (χ3n) is 5.09. The predicted octanol–water partition coefficient (Wildman–Crippen LogP) is 2.89. The molecule has 1 aliphatic heterocycles. The summed E-state index contributed by atoms with van der Waals surface area (Å²) in [7, 11) is 1.81. The Morgan fingerprint density at radius 2 is 2.00 bits per heavy atom. The van der Waals surface area contributed by atoms with E-state index in [1.807, 2.05) is 30.1 Å². The molecule has 1 amide bonds. The predicted molar refractivity (Wildman–Crippen MR) is 92.8 cm³/mol. The van der Waals surface area contributed by atoms with Gasteiger partial charge in [-0.15, -0.1) is 0 Å². The number of aromatic nitrogens is 1. The molecule has 2 aliphatic rings. The molecule has 0 unspecified atom stereocenters. The Bertz CT molecular complexity index is 817. The summed E-state index contributed by atoms with van der Waals surface area (Å²) >= 11 is 0. The van der Waals surface area contributed by atoms with E-state index in [0.717, 1.165) is 5.56 Å². The molecule has 128 valence electrons. The fraction of sp³-hybridized carbons (Fsp3) is 0.400. The lowest BCUT2D eigenvalue weighted by molar-refractivity contribution is -0.0865. The molecule has 0 spiro atoms. The minimum atomic E-state index is -0.0970. The van der Waals surface area contributed by atoms with Crippen LogP contribution in [-0.4, -0.2) is 34.6 Å². The van der Waals surface area contributed by atoms with Gasteiger partial charge in [-0.1, -0.05) is 30.3 Å². The van der Waals surface area contributed by atoms with Crippen LogP contribution in [0.4, 0.5) is 0 Å². The number of nitrogens with zero attached hydrogens (tertiary/aromatic N) is 3. The van der Waals surface area contributed by atoms with Gasteiger partial charge in [-0.2, -0.15) is 5.26 Å². The van der Waals surface area contributed by atoms with E-state index in [1.54, 1.807) is 16.8 Å². The van der Waals surface area contributed by atoms with Crippen LogP contribution in [0, 0.1) is 17.2 Å². The van der Waals surface area contributed by atoms with Crippen LogP contribution in [0.1, 0.15) is 40.6 Å². The summed E-state index contributed by atoms with van der Waals surface area (Å²) in [6.45, 7) is 1.17. The molecule has 4 rings (SSSR count). The fourth-order valence-electron chi connectivity index (χ4n) is 3.53. The van der Waals surface area contributed by atoms with Crippen molar-refractivity contribution in [2.45, 2.75) is 25.0 Å². The van der Waals surface area contributed by atoms with Gasteiger partial charge in [0.15, 0.2) is 0 Å². The smallest absolute Gasteiger partial charge is 0.270 e. The van der Waals surface area contributed by atoms with Gasteiger partial charge in [-0.05, 0) is 30.4 Å². The van der Waals surface area contributed by atoms with Crippen LogP contribution in [-0.2, 0) is 11.8 Å². The molecule has 1 saturated carbocycles. The molecule has 0 N–H and O–H groups in total. The number of carbonyl (C=O) groups is 1. The topological polar surface area (TPSA) is 58.3 Å². The minimum absolute atomic E-state index is 0.0288. The van der Waals surface area contributed by atoms with Crippen molar-refractivity contribution in [2.75, 3.05) is 13.1 Å². The summed E-state index contributed by atoms with van der Waals surface area (Å²) in [6.07, 6.45) is 4.05. The molecule has 1 aromatic heterocycles. The van der Waals surface area contributed by atoms with Crippen molar-refractivity contribution in [1.29, 1.82) is 5.26 Å². The number of ether oxygens (including phenoxy) is 1. The molecule has 2 heterocycles. The zero-order valence-corrected chi connectivity index (χ0v) is 14.3. The Kier molecular flexibility index (Phi) is 4.06. The number of amides is 1. The van der Waals surface area contributed by atoms with Crippen molar-refractivity contribution in [3.8, 4) is 6.07 Å². The van der Waals surface area contributed by atoms with Crippen LogP contribution in [0.2, 0.25) is 0 Å². The first-order valence-corrected chi connectivity index (χ1v) is 8.72. The van der Waals surface area contributed by atoms with Crippen LogP contribution < -0.4 is 0 Å². The second kappa shape index (κ2) is 6.38. The van der Waals surface area contributed by atoms with E-state index in [-0.39, 0.29) is 18.1 Å². The Balaban J connectivity index is 1.60. The summed E-state index contributed by atoms with van der Waals surface area (Å²) in [6, 6.07) is 13.9. The van der Waals surface area contributed by atoms with Gasteiger partial charge in [-0.3, -0.25) is 4.79 Å². The largest absolute Gasteiger partial charge is 0.366 e. The number of benzene rings is 1. The summed E-state index contributed by atoms with van der Waals surface area (Å²) in [5, 5.41) is 9.07. The highest BCUT2D eigenvalue weighted by Gasteiger charge is 2.40. The van der Waals surface area contributed by atoms with Gasteiger partial charge < -0.3 is 14.2 Å². The van der Waals surface area contributed by atoms with Gasteiger partial charge in [0.2, 0.25) is 0 Å². The number of morpholine rings is 1. The standard InChI is InChI=1S/C20H21N3O2/c1-22-11-14(10-21)9-17(22)20(24)23-12-18(15-5-3-2-4-6-15)25-19(13-23)16-7-8-16/h2-6,9,11,16,18-19H,7-8,12-13H2,1H3/t18-,19+/m0/s1. The Morgan fingerprint density at radius 3 is 2.64 bits per heavy atom. The summed E-state index contributed by atoms with van der Waals surface area (Å²) < 4.78 is 8.05. The van der Waals surface area contributed by atoms with Crippen molar-refractivity contribution >= 4 is 5.91 Å². The van der Waals surface area contributed by atoms with Crippen molar-refractivity contribution in [1.82, 2.24) is 9.47 Å². The van der Waals surface area contributed by atoms with Crippen LogP contribution in [0.5, 0.6) is 0 Å². The van der Waals surface area contributed by atoms with Crippen molar-refractivity contribution in [3.05, 3.63) is 59.4 Å². The molecule has 1 saturated heterocycles. The van der Waals surface area contributed by atoms with Gasteiger partial charge in [0, 0.05) is 19.8 Å². The van der Waals surface area contributed by atoms with Gasteiger partial charge in [0.1, 0.15) is 17.9 Å². The van der Waals surface area contributed by atoms with Crippen LogP contribution in [0.3, 0.4) is 0 Å². The monoisotopic (exact) mass is 335 g/mol.